The first-order valence-electron chi connectivity index (χ1n) is 5.51. The van der Waals surface area contributed by atoms with Crippen LogP contribution in [0.2, 0.25) is 0 Å². The van der Waals surface area contributed by atoms with Crippen molar-refractivity contribution in [3.8, 4) is 0 Å². The van der Waals surface area contributed by atoms with Crippen molar-refractivity contribution in [1.29, 1.82) is 0 Å². The minimum atomic E-state index is -1.54. The van der Waals surface area contributed by atoms with Crippen molar-refractivity contribution in [3.05, 3.63) is 35.4 Å². The molecule has 0 heterocycles. The van der Waals surface area contributed by atoms with Gasteiger partial charge in [-0.05, 0) is 17.7 Å². The summed E-state index contributed by atoms with van der Waals surface area (Å²) in [5.41, 5.74) is 0.301. The van der Waals surface area contributed by atoms with Gasteiger partial charge in [-0.3, -0.25) is 4.79 Å². The second-order valence-electron chi connectivity index (χ2n) is 3.92. The average Bonchev–Trinajstić information content (AvgIpc) is 2.33. The third-order valence-electron chi connectivity index (χ3n) is 2.37. The van der Waals surface area contributed by atoms with Crippen molar-refractivity contribution < 1.29 is 28.6 Å². The molecule has 0 aliphatic rings. The molecule has 1 aromatic carbocycles. The number of carbonyl (C=O) groups excluding carboxylic acids is 1. The van der Waals surface area contributed by atoms with Gasteiger partial charge in [-0.15, -0.1) is 0 Å². The fourth-order valence-electron chi connectivity index (χ4n) is 1.37. The molecule has 7 heteroatoms. The summed E-state index contributed by atoms with van der Waals surface area (Å²) in [6.45, 7) is -0.0179. The average molecular weight is 273 g/mol. The maximum absolute atomic E-state index is 12.9. The van der Waals surface area contributed by atoms with Crippen molar-refractivity contribution in [3.63, 3.8) is 0 Å². The SMILES string of the molecule is O=C(Cc1ccc(F)c(F)c1)NCCC(O)C(=O)O. The Labute approximate surface area is 107 Å². The summed E-state index contributed by atoms with van der Waals surface area (Å²) in [5.74, 6) is -3.86. The van der Waals surface area contributed by atoms with Crippen LogP contribution in [0.4, 0.5) is 8.78 Å². The van der Waals surface area contributed by atoms with Gasteiger partial charge in [0, 0.05) is 13.0 Å². The summed E-state index contributed by atoms with van der Waals surface area (Å²) in [6.07, 6.45) is -1.82. The minimum absolute atomic E-state index is 0.0179. The van der Waals surface area contributed by atoms with Gasteiger partial charge in [0.15, 0.2) is 17.7 Å². The van der Waals surface area contributed by atoms with Crippen LogP contribution in [0.5, 0.6) is 0 Å². The molecular weight excluding hydrogens is 260 g/mol. The molecular formula is C12H13F2NO4. The summed E-state index contributed by atoms with van der Waals surface area (Å²) in [5, 5.41) is 19.7. The number of benzene rings is 1. The highest BCUT2D eigenvalue weighted by Gasteiger charge is 2.13. The molecule has 1 amide bonds. The molecule has 0 bridgehead atoms. The van der Waals surface area contributed by atoms with Gasteiger partial charge in [-0.2, -0.15) is 0 Å². The third-order valence-corrected chi connectivity index (χ3v) is 2.37. The zero-order valence-corrected chi connectivity index (χ0v) is 9.90. The van der Waals surface area contributed by atoms with Crippen LogP contribution in [0.1, 0.15) is 12.0 Å². The molecule has 0 aliphatic heterocycles. The van der Waals surface area contributed by atoms with Crippen molar-refractivity contribution in [2.75, 3.05) is 6.54 Å². The molecule has 0 aliphatic carbocycles. The van der Waals surface area contributed by atoms with Crippen LogP contribution in [0, 0.1) is 11.6 Å². The third kappa shape index (κ3) is 5.01. The van der Waals surface area contributed by atoms with Gasteiger partial charge in [0.2, 0.25) is 5.91 Å². The molecule has 3 N–H and O–H groups in total. The summed E-state index contributed by atoms with van der Waals surface area (Å²) < 4.78 is 25.5. The molecule has 1 aromatic rings. The number of aliphatic carboxylic acids is 1. The normalized spacial score (nSPS) is 11.9. The number of carboxylic acid groups (broad SMARTS) is 1. The van der Waals surface area contributed by atoms with Crippen LogP contribution in [0.25, 0.3) is 0 Å². The van der Waals surface area contributed by atoms with Crippen molar-refractivity contribution in [1.82, 2.24) is 5.32 Å². The molecule has 0 fully saturated rings. The number of halogens is 2. The van der Waals surface area contributed by atoms with Crippen LogP contribution >= 0.6 is 0 Å². The maximum Gasteiger partial charge on any atom is 0.332 e. The zero-order chi connectivity index (χ0) is 14.4. The molecule has 0 spiro atoms. The lowest BCUT2D eigenvalue weighted by molar-refractivity contribution is -0.147. The van der Waals surface area contributed by atoms with Crippen LogP contribution in [0.3, 0.4) is 0 Å². The van der Waals surface area contributed by atoms with Gasteiger partial charge in [0.05, 0.1) is 6.42 Å². The predicted molar refractivity (Wildman–Crippen MR) is 61.3 cm³/mol. The topological polar surface area (TPSA) is 86.6 Å². The summed E-state index contributed by atoms with van der Waals surface area (Å²) in [7, 11) is 0. The Morgan fingerprint density at radius 3 is 2.53 bits per heavy atom. The lowest BCUT2D eigenvalue weighted by Gasteiger charge is -2.07. The Kier molecular flexibility index (Phi) is 5.37. The summed E-state index contributed by atoms with van der Waals surface area (Å²) >= 11 is 0. The number of amides is 1. The van der Waals surface area contributed by atoms with E-state index in [1.54, 1.807) is 0 Å². The first kappa shape index (κ1) is 15.0. The van der Waals surface area contributed by atoms with Gasteiger partial charge in [-0.1, -0.05) is 6.07 Å². The lowest BCUT2D eigenvalue weighted by Crippen LogP contribution is -2.30. The number of carboxylic acids is 1. The second-order valence-corrected chi connectivity index (χ2v) is 3.92. The van der Waals surface area contributed by atoms with Crippen LogP contribution in [-0.2, 0) is 16.0 Å². The quantitative estimate of drug-likeness (QED) is 0.702. The molecule has 0 saturated heterocycles. The first-order chi connectivity index (χ1) is 8.90. The zero-order valence-electron chi connectivity index (χ0n) is 9.90. The van der Waals surface area contributed by atoms with Gasteiger partial charge in [0.1, 0.15) is 0 Å². The number of nitrogens with one attached hydrogen (secondary N) is 1. The first-order valence-corrected chi connectivity index (χ1v) is 5.51. The van der Waals surface area contributed by atoms with E-state index in [-0.39, 0.29) is 19.4 Å². The van der Waals surface area contributed by atoms with Gasteiger partial charge < -0.3 is 15.5 Å². The maximum atomic E-state index is 12.9. The molecule has 0 saturated carbocycles. The Hall–Kier alpha value is -2.02. The highest BCUT2D eigenvalue weighted by Crippen LogP contribution is 2.09. The van der Waals surface area contributed by atoms with Gasteiger partial charge in [-0.25, -0.2) is 13.6 Å². The minimum Gasteiger partial charge on any atom is -0.479 e. The summed E-state index contributed by atoms with van der Waals surface area (Å²) in [6, 6.07) is 3.12. The Bertz CT molecular complexity index is 479. The van der Waals surface area contributed by atoms with E-state index in [1.165, 1.54) is 6.07 Å². The van der Waals surface area contributed by atoms with E-state index in [1.807, 2.05) is 0 Å². The number of hydrogen-bond acceptors (Lipinski definition) is 3. The fourth-order valence-corrected chi connectivity index (χ4v) is 1.37. The van der Waals surface area contributed by atoms with Crippen molar-refractivity contribution in [2.45, 2.75) is 18.9 Å². The number of carbonyl (C=O) groups is 2. The second kappa shape index (κ2) is 6.79. The van der Waals surface area contributed by atoms with Crippen LogP contribution < -0.4 is 5.32 Å². The molecule has 0 aromatic heterocycles. The molecule has 19 heavy (non-hydrogen) atoms. The predicted octanol–water partition coefficient (Wildman–Crippen LogP) is 0.459. The highest BCUT2D eigenvalue weighted by atomic mass is 19.2. The largest absolute Gasteiger partial charge is 0.479 e. The molecule has 1 rings (SSSR count). The smallest absolute Gasteiger partial charge is 0.332 e. The molecule has 5 nitrogen and oxygen atoms in total. The van der Waals surface area contributed by atoms with Gasteiger partial charge >= 0.3 is 5.97 Å². The van der Waals surface area contributed by atoms with Crippen molar-refractivity contribution >= 4 is 11.9 Å². The fraction of sp³-hybridized carbons (Fsp3) is 0.333. The van der Waals surface area contributed by atoms with E-state index in [0.717, 1.165) is 12.1 Å². The van der Waals surface area contributed by atoms with E-state index in [9.17, 15) is 18.4 Å². The Morgan fingerprint density at radius 1 is 1.26 bits per heavy atom. The van der Waals surface area contributed by atoms with E-state index in [4.69, 9.17) is 10.2 Å². The molecule has 1 atom stereocenters. The molecule has 104 valence electrons. The van der Waals surface area contributed by atoms with Crippen LogP contribution in [-0.4, -0.2) is 34.7 Å². The summed E-state index contributed by atoms with van der Waals surface area (Å²) in [4.78, 5) is 21.7. The Balaban J connectivity index is 2.39. The number of rotatable bonds is 6. The molecule has 0 radical (unpaired) electrons. The van der Waals surface area contributed by atoms with E-state index >= 15 is 0 Å². The highest BCUT2D eigenvalue weighted by molar-refractivity contribution is 5.78. The Morgan fingerprint density at radius 2 is 1.95 bits per heavy atom. The van der Waals surface area contributed by atoms with Crippen molar-refractivity contribution in [2.24, 2.45) is 0 Å². The number of aliphatic hydroxyl groups is 1. The van der Waals surface area contributed by atoms with E-state index in [0.29, 0.717) is 5.56 Å². The standard InChI is InChI=1S/C12H13F2NO4/c13-8-2-1-7(5-9(8)14)6-11(17)15-4-3-10(16)12(18)19/h1-2,5,10,16H,3-4,6H2,(H,15,17)(H,18,19). The van der Waals surface area contributed by atoms with Gasteiger partial charge in [0.25, 0.3) is 0 Å². The van der Waals surface area contributed by atoms with E-state index < -0.39 is 29.6 Å². The number of hydrogen-bond donors (Lipinski definition) is 3. The lowest BCUT2D eigenvalue weighted by atomic mass is 10.1. The monoisotopic (exact) mass is 273 g/mol. The van der Waals surface area contributed by atoms with Crippen LogP contribution in [0.15, 0.2) is 18.2 Å². The van der Waals surface area contributed by atoms with E-state index in [2.05, 4.69) is 5.32 Å². The number of aliphatic hydroxyl groups excluding tert-OH is 1. The molecule has 1 unspecified atom stereocenters.